The van der Waals surface area contributed by atoms with Crippen LogP contribution in [0.25, 0.3) is 5.57 Å². The number of hydrogen-bond donors (Lipinski definition) is 1. The number of carbonyl (C=O) groups is 1. The van der Waals surface area contributed by atoms with E-state index < -0.39 is 0 Å². The number of amides is 1. The Kier molecular flexibility index (Phi) is 6.35. The van der Waals surface area contributed by atoms with Gasteiger partial charge in [0.2, 0.25) is 0 Å². The maximum atomic E-state index is 13.1. The van der Waals surface area contributed by atoms with E-state index in [1.807, 2.05) is 16.8 Å². The first-order chi connectivity index (χ1) is 16.2. The van der Waals surface area contributed by atoms with Crippen LogP contribution in [-0.4, -0.2) is 44.7 Å². The minimum atomic E-state index is -0.0826. The number of hydrogen-bond acceptors (Lipinski definition) is 4. The third-order valence-electron chi connectivity index (χ3n) is 6.94. The molecular weight excluding hydrogens is 410 g/mol. The standard InChI is InChI=1S/C27H31N5O/c1-2-32-25-9-8-23(31-16-12-22(13-17-31)21-6-4-3-5-7-21)18-24(25)26(30-32)27(33)29-19-20-10-14-28-15-11-20/h3-7,10-12,14-15,23H,2,8-9,13,16-19H2,1H3,(H,29,33). The van der Waals surface area contributed by atoms with Crippen LogP contribution in [0.4, 0.5) is 0 Å². The number of pyridine rings is 1. The molecule has 1 aliphatic heterocycles. The van der Waals surface area contributed by atoms with Crippen LogP contribution >= 0.6 is 0 Å². The van der Waals surface area contributed by atoms with E-state index in [2.05, 4.69) is 58.5 Å². The zero-order chi connectivity index (χ0) is 22.6. The summed E-state index contributed by atoms with van der Waals surface area (Å²) in [5.41, 5.74) is 6.79. The highest BCUT2D eigenvalue weighted by Gasteiger charge is 2.32. The second-order valence-corrected chi connectivity index (χ2v) is 8.86. The van der Waals surface area contributed by atoms with Crippen LogP contribution in [0.5, 0.6) is 0 Å². The van der Waals surface area contributed by atoms with Gasteiger partial charge in [0.15, 0.2) is 5.69 Å². The molecule has 170 valence electrons. The average Bonchev–Trinajstić information content (AvgIpc) is 3.27. The summed E-state index contributed by atoms with van der Waals surface area (Å²) in [5, 5.41) is 7.77. The van der Waals surface area contributed by atoms with Gasteiger partial charge < -0.3 is 5.32 Å². The molecule has 0 bridgehead atoms. The van der Waals surface area contributed by atoms with Gasteiger partial charge in [0.1, 0.15) is 0 Å². The third-order valence-corrected chi connectivity index (χ3v) is 6.94. The molecule has 3 heterocycles. The molecule has 1 unspecified atom stereocenters. The molecule has 6 nitrogen and oxygen atoms in total. The molecule has 0 saturated carbocycles. The lowest BCUT2D eigenvalue weighted by molar-refractivity contribution is 0.0943. The molecule has 5 rings (SSSR count). The summed E-state index contributed by atoms with van der Waals surface area (Å²) in [4.78, 5) is 19.7. The number of aromatic nitrogens is 3. The van der Waals surface area contributed by atoms with E-state index in [0.29, 0.717) is 18.3 Å². The van der Waals surface area contributed by atoms with Crippen molar-refractivity contribution in [2.75, 3.05) is 13.1 Å². The number of nitrogens with zero attached hydrogens (tertiary/aromatic N) is 4. The highest BCUT2D eigenvalue weighted by molar-refractivity contribution is 5.94. The molecule has 0 radical (unpaired) electrons. The summed E-state index contributed by atoms with van der Waals surface area (Å²) < 4.78 is 2.02. The topological polar surface area (TPSA) is 63.1 Å². The van der Waals surface area contributed by atoms with E-state index in [1.54, 1.807) is 12.4 Å². The van der Waals surface area contributed by atoms with E-state index in [9.17, 15) is 4.79 Å². The molecule has 1 N–H and O–H groups in total. The van der Waals surface area contributed by atoms with Crippen LogP contribution in [-0.2, 0) is 25.9 Å². The molecule has 1 aliphatic carbocycles. The van der Waals surface area contributed by atoms with Crippen molar-refractivity contribution >= 4 is 11.5 Å². The van der Waals surface area contributed by atoms with E-state index in [4.69, 9.17) is 5.10 Å². The van der Waals surface area contributed by atoms with Crippen molar-refractivity contribution in [3.63, 3.8) is 0 Å². The van der Waals surface area contributed by atoms with E-state index in [0.717, 1.165) is 56.4 Å². The maximum absolute atomic E-state index is 13.1. The Hall–Kier alpha value is -3.25. The Morgan fingerprint density at radius 2 is 1.94 bits per heavy atom. The van der Waals surface area contributed by atoms with Gasteiger partial charge in [-0.25, -0.2) is 0 Å². The maximum Gasteiger partial charge on any atom is 0.272 e. The molecule has 3 aromatic rings. The van der Waals surface area contributed by atoms with Gasteiger partial charge in [-0.1, -0.05) is 36.4 Å². The molecule has 1 atom stereocenters. The first-order valence-electron chi connectivity index (χ1n) is 12.0. The Bertz CT molecular complexity index is 1140. The fraction of sp³-hybridized carbons (Fsp3) is 0.370. The van der Waals surface area contributed by atoms with Crippen molar-refractivity contribution in [3.05, 3.63) is 89.0 Å². The van der Waals surface area contributed by atoms with Gasteiger partial charge in [-0.2, -0.15) is 5.10 Å². The molecule has 1 amide bonds. The van der Waals surface area contributed by atoms with Gasteiger partial charge in [-0.3, -0.25) is 19.4 Å². The number of carbonyl (C=O) groups excluding carboxylic acids is 1. The molecular formula is C27H31N5O. The predicted molar refractivity (Wildman–Crippen MR) is 130 cm³/mol. The lowest BCUT2D eigenvalue weighted by atomic mass is 9.88. The molecule has 6 heteroatoms. The monoisotopic (exact) mass is 441 g/mol. The summed E-state index contributed by atoms with van der Waals surface area (Å²) in [7, 11) is 0. The molecule has 0 fully saturated rings. The molecule has 33 heavy (non-hydrogen) atoms. The quantitative estimate of drug-likeness (QED) is 0.631. The molecule has 1 aromatic carbocycles. The smallest absolute Gasteiger partial charge is 0.272 e. The van der Waals surface area contributed by atoms with Crippen molar-refractivity contribution in [1.82, 2.24) is 25.0 Å². The number of fused-ring (bicyclic) bond motifs is 1. The van der Waals surface area contributed by atoms with Gasteiger partial charge in [0.25, 0.3) is 5.91 Å². The van der Waals surface area contributed by atoms with Crippen molar-refractivity contribution < 1.29 is 4.79 Å². The summed E-state index contributed by atoms with van der Waals surface area (Å²) in [6.07, 6.45) is 9.93. The van der Waals surface area contributed by atoms with Crippen LogP contribution in [0, 0.1) is 0 Å². The summed E-state index contributed by atoms with van der Waals surface area (Å²) in [6.45, 7) is 5.40. The van der Waals surface area contributed by atoms with Gasteiger partial charge in [0, 0.05) is 55.9 Å². The predicted octanol–water partition coefficient (Wildman–Crippen LogP) is 3.87. The number of aryl methyl sites for hydroxylation is 1. The van der Waals surface area contributed by atoms with E-state index in [-0.39, 0.29) is 5.91 Å². The Morgan fingerprint density at radius 3 is 2.67 bits per heavy atom. The first-order valence-corrected chi connectivity index (χ1v) is 12.0. The fourth-order valence-corrected chi connectivity index (χ4v) is 5.12. The van der Waals surface area contributed by atoms with Gasteiger partial charge in [0.05, 0.1) is 0 Å². The van der Waals surface area contributed by atoms with Crippen LogP contribution in [0.15, 0.2) is 60.9 Å². The molecule has 0 spiro atoms. The van der Waals surface area contributed by atoms with Crippen LogP contribution in [0.1, 0.15) is 52.6 Å². The van der Waals surface area contributed by atoms with Crippen LogP contribution < -0.4 is 5.32 Å². The minimum Gasteiger partial charge on any atom is -0.347 e. The summed E-state index contributed by atoms with van der Waals surface area (Å²) in [6, 6.07) is 15.0. The van der Waals surface area contributed by atoms with Crippen molar-refractivity contribution in [3.8, 4) is 0 Å². The summed E-state index contributed by atoms with van der Waals surface area (Å²) >= 11 is 0. The zero-order valence-electron chi connectivity index (χ0n) is 19.2. The van der Waals surface area contributed by atoms with Gasteiger partial charge >= 0.3 is 0 Å². The van der Waals surface area contributed by atoms with Gasteiger partial charge in [-0.05, 0) is 61.4 Å². The largest absolute Gasteiger partial charge is 0.347 e. The third kappa shape index (κ3) is 4.62. The minimum absolute atomic E-state index is 0.0826. The van der Waals surface area contributed by atoms with Gasteiger partial charge in [-0.15, -0.1) is 0 Å². The zero-order valence-corrected chi connectivity index (χ0v) is 19.2. The number of nitrogens with one attached hydrogen (secondary N) is 1. The lowest BCUT2D eigenvalue weighted by Gasteiger charge is -2.36. The number of benzene rings is 1. The van der Waals surface area contributed by atoms with Crippen LogP contribution in [0.3, 0.4) is 0 Å². The Labute approximate surface area is 195 Å². The molecule has 0 saturated heterocycles. The normalized spacial score (nSPS) is 18.5. The van der Waals surface area contributed by atoms with Crippen molar-refractivity contribution in [1.29, 1.82) is 0 Å². The lowest BCUT2D eigenvalue weighted by Crippen LogP contribution is -2.42. The van der Waals surface area contributed by atoms with Crippen molar-refractivity contribution in [2.45, 2.75) is 51.7 Å². The average molecular weight is 442 g/mol. The van der Waals surface area contributed by atoms with Crippen LogP contribution in [0.2, 0.25) is 0 Å². The Balaban J connectivity index is 1.29. The second kappa shape index (κ2) is 9.71. The SMILES string of the molecule is CCn1nc(C(=O)NCc2ccncc2)c2c1CCC(N1CC=C(c3ccccc3)CC1)C2. The number of rotatable bonds is 6. The van der Waals surface area contributed by atoms with E-state index in [1.165, 1.54) is 16.8 Å². The summed E-state index contributed by atoms with van der Waals surface area (Å²) in [5.74, 6) is -0.0826. The second-order valence-electron chi connectivity index (χ2n) is 8.86. The van der Waals surface area contributed by atoms with E-state index >= 15 is 0 Å². The molecule has 2 aromatic heterocycles. The highest BCUT2D eigenvalue weighted by Crippen LogP contribution is 2.30. The highest BCUT2D eigenvalue weighted by atomic mass is 16.1. The van der Waals surface area contributed by atoms with Crippen molar-refractivity contribution in [2.24, 2.45) is 0 Å². The molecule has 2 aliphatic rings. The Morgan fingerprint density at radius 1 is 1.12 bits per heavy atom. The first kappa shape index (κ1) is 21.6. The fourth-order valence-electron chi connectivity index (χ4n) is 5.12.